The molecule has 0 bridgehead atoms. The number of aromatic nitrogens is 1. The van der Waals surface area contributed by atoms with Crippen molar-refractivity contribution in [3.63, 3.8) is 0 Å². The Morgan fingerprint density at radius 2 is 2.09 bits per heavy atom. The lowest BCUT2D eigenvalue weighted by Crippen LogP contribution is -2.35. The molecule has 170 valence electrons. The van der Waals surface area contributed by atoms with Crippen LogP contribution in [0.5, 0.6) is 0 Å². The van der Waals surface area contributed by atoms with E-state index in [1.165, 1.54) is 27.8 Å². The normalized spacial score (nSPS) is 13.5. The van der Waals surface area contributed by atoms with Gasteiger partial charge in [-0.25, -0.2) is 9.78 Å². The maximum absolute atomic E-state index is 12.0. The molecule has 2 amide bonds. The minimum atomic E-state index is -0.126. The second-order valence-electron chi connectivity index (χ2n) is 7.85. The first-order valence-corrected chi connectivity index (χ1v) is 11.7. The number of nitrogens with two attached hydrogens (primary N) is 1. The van der Waals surface area contributed by atoms with Gasteiger partial charge in [-0.2, -0.15) is 0 Å². The first-order valence-electron chi connectivity index (χ1n) is 10.8. The van der Waals surface area contributed by atoms with Gasteiger partial charge in [0.2, 0.25) is 0 Å². The molecule has 3 N–H and O–H groups in total. The van der Waals surface area contributed by atoms with Crippen molar-refractivity contribution in [2.75, 3.05) is 30.4 Å². The molecular weight excluding hydrogens is 432 g/mol. The first-order chi connectivity index (χ1) is 16.1. The van der Waals surface area contributed by atoms with Crippen molar-refractivity contribution in [2.45, 2.75) is 19.4 Å². The number of carbonyl (C=O) groups excluding carboxylic acids is 1. The Morgan fingerprint density at radius 1 is 1.27 bits per heavy atom. The molecule has 0 atom stereocenters. The fourth-order valence-corrected chi connectivity index (χ4v) is 4.77. The number of nitrogens with one attached hydrogen (secondary N) is 1. The summed E-state index contributed by atoms with van der Waals surface area (Å²) in [6, 6.07) is 14.3. The average Bonchev–Trinajstić information content (AvgIpc) is 3.32. The molecule has 7 nitrogen and oxygen atoms in total. The number of carbonyl (C=O) groups is 1. The topological polar surface area (TPSA) is 86.9 Å². The van der Waals surface area contributed by atoms with Crippen LogP contribution in [0.4, 0.5) is 21.3 Å². The number of allylic oxidation sites excluding steroid dienone is 1. The summed E-state index contributed by atoms with van der Waals surface area (Å²) in [6.07, 6.45) is 8.63. The van der Waals surface area contributed by atoms with Gasteiger partial charge in [0, 0.05) is 56.6 Å². The Hall–Kier alpha value is -3.65. The van der Waals surface area contributed by atoms with E-state index in [4.69, 9.17) is 10.7 Å². The molecule has 0 unspecified atom stereocenters. The molecular formula is C25H28N6OS. The molecule has 1 aliphatic rings. The van der Waals surface area contributed by atoms with E-state index >= 15 is 0 Å². The molecule has 1 aromatic heterocycles. The summed E-state index contributed by atoms with van der Waals surface area (Å²) in [5.41, 5.74) is 10.9. The van der Waals surface area contributed by atoms with Crippen LogP contribution in [0, 0.1) is 0 Å². The molecule has 0 saturated heterocycles. The zero-order valence-electron chi connectivity index (χ0n) is 18.9. The average molecular weight is 461 g/mol. The Balaban J connectivity index is 1.43. The van der Waals surface area contributed by atoms with Gasteiger partial charge in [-0.3, -0.25) is 9.89 Å². The highest BCUT2D eigenvalue weighted by atomic mass is 32.1. The van der Waals surface area contributed by atoms with Crippen molar-refractivity contribution in [3.05, 3.63) is 82.5 Å². The van der Waals surface area contributed by atoms with E-state index < -0.39 is 0 Å². The molecule has 2 aromatic carbocycles. The number of fused-ring (bicyclic) bond motifs is 1. The minimum Gasteiger partial charge on any atom is -0.405 e. The van der Waals surface area contributed by atoms with Gasteiger partial charge in [-0.15, -0.1) is 11.3 Å². The van der Waals surface area contributed by atoms with E-state index in [0.29, 0.717) is 0 Å². The second-order valence-corrected chi connectivity index (χ2v) is 8.95. The smallest absolute Gasteiger partial charge is 0.321 e. The van der Waals surface area contributed by atoms with Crippen LogP contribution in [-0.2, 0) is 19.4 Å². The Labute approximate surface area is 198 Å². The van der Waals surface area contributed by atoms with Crippen LogP contribution in [0.1, 0.15) is 21.6 Å². The molecule has 4 rings (SSSR count). The van der Waals surface area contributed by atoms with Gasteiger partial charge in [0.25, 0.3) is 0 Å². The van der Waals surface area contributed by atoms with Gasteiger partial charge in [0.05, 0.1) is 5.69 Å². The molecule has 3 aromatic rings. The van der Waals surface area contributed by atoms with Crippen LogP contribution in [0.15, 0.2) is 65.9 Å². The molecule has 0 radical (unpaired) electrons. The number of nitrogens with zero attached hydrogens (tertiary/aromatic N) is 4. The fraction of sp³-hybridized carbons (Fsp3) is 0.240. The van der Waals surface area contributed by atoms with Crippen molar-refractivity contribution in [2.24, 2.45) is 10.7 Å². The van der Waals surface area contributed by atoms with E-state index in [1.807, 2.05) is 24.4 Å². The number of benzene rings is 2. The van der Waals surface area contributed by atoms with Gasteiger partial charge in [0.1, 0.15) is 0 Å². The predicted octanol–water partition coefficient (Wildman–Crippen LogP) is 4.25. The summed E-state index contributed by atoms with van der Waals surface area (Å²) >= 11 is 1.74. The number of urea groups is 1. The standard InChI is InChI=1S/C25H28N6OS/c1-27-24(32)30(2)22-9-6-19-10-13-31(17-20(19)15-22)25-29-16-23(33-25)14-18-4-7-21(8-5-18)28-12-3-11-26/h3-9,11-12,15-16H,10,13-14,17,26H2,1-2H3,(H,27,32)/b11-3-,28-12?. The van der Waals surface area contributed by atoms with E-state index in [-0.39, 0.29) is 6.03 Å². The lowest BCUT2D eigenvalue weighted by atomic mass is 9.99. The van der Waals surface area contributed by atoms with Crippen molar-refractivity contribution in [3.8, 4) is 0 Å². The highest BCUT2D eigenvalue weighted by Crippen LogP contribution is 2.31. The van der Waals surface area contributed by atoms with E-state index in [0.717, 1.165) is 42.4 Å². The summed E-state index contributed by atoms with van der Waals surface area (Å²) in [7, 11) is 3.42. The molecule has 33 heavy (non-hydrogen) atoms. The number of hydrogen-bond donors (Lipinski definition) is 2. The second kappa shape index (κ2) is 10.3. The van der Waals surface area contributed by atoms with Gasteiger partial charge in [-0.1, -0.05) is 18.2 Å². The molecule has 2 heterocycles. The highest BCUT2D eigenvalue weighted by molar-refractivity contribution is 7.15. The summed E-state index contributed by atoms with van der Waals surface area (Å²) in [4.78, 5) is 26.2. The lowest BCUT2D eigenvalue weighted by molar-refractivity contribution is 0.249. The van der Waals surface area contributed by atoms with Crippen molar-refractivity contribution in [1.29, 1.82) is 0 Å². The number of thiazole rings is 1. The van der Waals surface area contributed by atoms with Crippen molar-refractivity contribution < 1.29 is 4.79 Å². The molecule has 0 fully saturated rings. The quantitative estimate of drug-likeness (QED) is 0.539. The van der Waals surface area contributed by atoms with Gasteiger partial charge in [0.15, 0.2) is 5.13 Å². The van der Waals surface area contributed by atoms with E-state index in [1.54, 1.807) is 42.6 Å². The molecule has 0 aliphatic carbocycles. The monoisotopic (exact) mass is 460 g/mol. The van der Waals surface area contributed by atoms with Crippen molar-refractivity contribution in [1.82, 2.24) is 10.3 Å². The minimum absolute atomic E-state index is 0.126. The van der Waals surface area contributed by atoms with Crippen LogP contribution in [-0.4, -0.2) is 37.9 Å². The third-order valence-electron chi connectivity index (χ3n) is 5.66. The third kappa shape index (κ3) is 5.40. The fourth-order valence-electron chi connectivity index (χ4n) is 3.81. The van der Waals surface area contributed by atoms with Crippen LogP contribution in [0.3, 0.4) is 0 Å². The Morgan fingerprint density at radius 3 is 2.85 bits per heavy atom. The van der Waals surface area contributed by atoms with Crippen LogP contribution >= 0.6 is 11.3 Å². The summed E-state index contributed by atoms with van der Waals surface area (Å²) in [6.45, 7) is 1.73. The Bertz CT molecular complexity index is 1170. The van der Waals surface area contributed by atoms with Gasteiger partial charge < -0.3 is 16.0 Å². The maximum Gasteiger partial charge on any atom is 0.321 e. The number of hydrogen-bond acceptors (Lipinski definition) is 6. The highest BCUT2D eigenvalue weighted by Gasteiger charge is 2.20. The van der Waals surface area contributed by atoms with E-state index in [9.17, 15) is 4.79 Å². The molecule has 8 heteroatoms. The number of anilines is 2. The maximum atomic E-state index is 12.0. The first kappa shape index (κ1) is 22.5. The summed E-state index contributed by atoms with van der Waals surface area (Å²) in [5, 5.41) is 3.71. The third-order valence-corrected chi connectivity index (χ3v) is 6.71. The van der Waals surface area contributed by atoms with Crippen molar-refractivity contribution >= 4 is 40.1 Å². The van der Waals surface area contributed by atoms with Crippen LogP contribution < -0.4 is 20.9 Å². The van der Waals surface area contributed by atoms with E-state index in [2.05, 4.69) is 39.5 Å². The molecule has 1 aliphatic heterocycles. The van der Waals surface area contributed by atoms with Gasteiger partial charge in [-0.05, 0) is 59.7 Å². The lowest BCUT2D eigenvalue weighted by Gasteiger charge is -2.29. The SMILES string of the molecule is CNC(=O)N(C)c1ccc2c(c1)CN(c1ncc(Cc3ccc(N=C/C=C\N)cc3)s1)CC2. The molecule has 0 spiro atoms. The number of rotatable bonds is 6. The zero-order chi connectivity index (χ0) is 23.2. The van der Waals surface area contributed by atoms with Crippen LogP contribution in [0.25, 0.3) is 0 Å². The largest absolute Gasteiger partial charge is 0.405 e. The zero-order valence-corrected chi connectivity index (χ0v) is 19.7. The van der Waals surface area contributed by atoms with Crippen LogP contribution in [0.2, 0.25) is 0 Å². The summed E-state index contributed by atoms with van der Waals surface area (Å²) in [5.74, 6) is 0. The number of aliphatic imine (C=N–C) groups is 1. The summed E-state index contributed by atoms with van der Waals surface area (Å²) < 4.78 is 0. The Kier molecular flexibility index (Phi) is 7.04. The predicted molar refractivity (Wildman–Crippen MR) is 137 cm³/mol. The van der Waals surface area contributed by atoms with Gasteiger partial charge >= 0.3 is 6.03 Å². The number of amides is 2. The molecule has 0 saturated carbocycles.